The molecular weight excluding hydrogens is 898 g/mol. The number of aromatic nitrogens is 4. The fourth-order valence-corrected chi connectivity index (χ4v) is 8.55. The average molecular weight is 934 g/mol. The van der Waals surface area contributed by atoms with Crippen molar-refractivity contribution in [3.05, 3.63) is 107 Å². The lowest BCUT2D eigenvalue weighted by Crippen LogP contribution is -2.37. The van der Waals surface area contributed by atoms with Crippen LogP contribution < -0.4 is 49.2 Å². The van der Waals surface area contributed by atoms with E-state index in [2.05, 4.69) is 45.9 Å². The summed E-state index contributed by atoms with van der Waals surface area (Å²) in [5.74, 6) is -1.41. The molecule has 0 saturated heterocycles. The highest BCUT2D eigenvalue weighted by Crippen LogP contribution is 2.38. The van der Waals surface area contributed by atoms with Crippen LogP contribution in [0.25, 0.3) is 0 Å². The molecule has 0 spiro atoms. The molecule has 4 aromatic carbocycles. The van der Waals surface area contributed by atoms with E-state index in [0.717, 1.165) is 6.26 Å². The zero-order chi connectivity index (χ0) is 44.8. The van der Waals surface area contributed by atoms with Crippen molar-refractivity contribution < 1.29 is 44.6 Å². The minimum Gasteiger partial charge on any atom is -0.497 e. The van der Waals surface area contributed by atoms with E-state index in [1.165, 1.54) is 114 Å². The van der Waals surface area contributed by atoms with Crippen LogP contribution >= 0.6 is 23.2 Å². The highest BCUT2D eigenvalue weighted by molar-refractivity contribution is 7.96. The lowest BCUT2D eigenvalue weighted by molar-refractivity contribution is 0.413. The van der Waals surface area contributed by atoms with Gasteiger partial charge in [-0.1, -0.05) is 23.2 Å². The van der Waals surface area contributed by atoms with Gasteiger partial charge in [0.25, 0.3) is 10.0 Å². The molecule has 6 rings (SSSR count). The number of hydrogen-bond acceptors (Lipinski definition) is 16. The lowest BCUT2D eigenvalue weighted by Gasteiger charge is -2.26. The number of nitrogens with one attached hydrogen (secondary N) is 5. The van der Waals surface area contributed by atoms with E-state index < -0.39 is 37.6 Å². The summed E-state index contributed by atoms with van der Waals surface area (Å²) in [7, 11) is -3.55. The van der Waals surface area contributed by atoms with E-state index in [9.17, 15) is 25.6 Å². The molecule has 6 aromatic rings. The topological polar surface area (TPSA) is 220 Å². The molecule has 326 valence electrons. The first-order valence-electron chi connectivity index (χ1n) is 17.6. The number of rotatable bonds is 18. The third kappa shape index (κ3) is 11.0. The minimum atomic E-state index is -4.64. The zero-order valence-electron chi connectivity index (χ0n) is 33.1. The molecule has 62 heavy (non-hydrogen) atoms. The Kier molecular flexibility index (Phi) is 13.7. The minimum absolute atomic E-state index is 0.0105. The summed E-state index contributed by atoms with van der Waals surface area (Å²) in [4.78, 5) is 17.1. The zero-order valence-corrected chi connectivity index (χ0v) is 36.3. The maximum absolute atomic E-state index is 14.1. The van der Waals surface area contributed by atoms with Crippen LogP contribution in [0.3, 0.4) is 0 Å². The standard InChI is InChI=1S/C38H36Cl2F2N10O8S2/c1-57-23-8-11-27(45-35-25(39)18-43-37(49-35)47-29-10-6-22(42)15-34(29)60-4)30(16-23)51-62(55,56)20-52(61(5,53)54)32-17-24(58-2)9-12-28(32)46-36-26(40)19-44-38(50-36)48-31-14-21(41)7-13-33(31)59-3/h6-19,51H,20H2,1-5H3,(H2,43,45,47,49)(H2,44,46,48,50). The van der Waals surface area contributed by atoms with Gasteiger partial charge in [0.1, 0.15) is 44.7 Å². The second kappa shape index (κ2) is 19.0. The maximum atomic E-state index is 14.1. The first-order chi connectivity index (χ1) is 29.5. The van der Waals surface area contributed by atoms with Gasteiger partial charge in [0.15, 0.2) is 17.5 Å². The second-order valence-electron chi connectivity index (χ2n) is 12.7. The van der Waals surface area contributed by atoms with Crippen molar-refractivity contribution in [1.82, 2.24) is 19.9 Å². The molecule has 0 aliphatic carbocycles. The Morgan fingerprint density at radius 2 is 1.13 bits per heavy atom. The van der Waals surface area contributed by atoms with Gasteiger partial charge in [0.05, 0.1) is 81.2 Å². The van der Waals surface area contributed by atoms with Crippen LogP contribution in [0.15, 0.2) is 85.2 Å². The van der Waals surface area contributed by atoms with E-state index in [-0.39, 0.29) is 85.0 Å². The molecule has 18 nitrogen and oxygen atoms in total. The van der Waals surface area contributed by atoms with Crippen LogP contribution in [0.1, 0.15) is 0 Å². The smallest absolute Gasteiger partial charge is 0.252 e. The molecule has 0 fully saturated rings. The predicted molar refractivity (Wildman–Crippen MR) is 234 cm³/mol. The number of anilines is 10. The first-order valence-corrected chi connectivity index (χ1v) is 21.9. The maximum Gasteiger partial charge on any atom is 0.252 e. The molecule has 24 heteroatoms. The van der Waals surface area contributed by atoms with Crippen molar-refractivity contribution in [2.24, 2.45) is 0 Å². The van der Waals surface area contributed by atoms with Gasteiger partial charge in [-0.15, -0.1) is 0 Å². The van der Waals surface area contributed by atoms with E-state index >= 15 is 0 Å². The van der Waals surface area contributed by atoms with Gasteiger partial charge in [-0.3, -0.25) is 9.03 Å². The van der Waals surface area contributed by atoms with E-state index in [1.54, 1.807) is 0 Å². The largest absolute Gasteiger partial charge is 0.497 e. The van der Waals surface area contributed by atoms with E-state index in [4.69, 9.17) is 42.1 Å². The van der Waals surface area contributed by atoms with Crippen LogP contribution in [-0.2, 0) is 20.0 Å². The molecular formula is C38H36Cl2F2N10O8S2. The predicted octanol–water partition coefficient (Wildman–Crippen LogP) is 8.03. The molecule has 0 saturated carbocycles. The monoisotopic (exact) mass is 932 g/mol. The Morgan fingerprint density at radius 1 is 0.597 bits per heavy atom. The van der Waals surface area contributed by atoms with Crippen molar-refractivity contribution in [1.29, 1.82) is 0 Å². The van der Waals surface area contributed by atoms with Crippen molar-refractivity contribution in [3.8, 4) is 23.0 Å². The van der Waals surface area contributed by atoms with Crippen LogP contribution in [0.4, 0.5) is 66.4 Å². The molecule has 0 bridgehead atoms. The van der Waals surface area contributed by atoms with Gasteiger partial charge in [-0.25, -0.2) is 35.6 Å². The molecule has 2 heterocycles. The Labute approximate surface area is 364 Å². The number of halogens is 4. The molecule has 0 amide bonds. The third-order valence-corrected chi connectivity index (χ3v) is 11.4. The van der Waals surface area contributed by atoms with Crippen molar-refractivity contribution in [2.45, 2.75) is 0 Å². The fraction of sp³-hybridized carbons (Fsp3) is 0.158. The van der Waals surface area contributed by atoms with Crippen LogP contribution in [0, 0.1) is 11.6 Å². The average Bonchev–Trinajstić information content (AvgIpc) is 3.23. The molecule has 0 unspecified atom stereocenters. The number of methoxy groups -OCH3 is 4. The van der Waals surface area contributed by atoms with Gasteiger partial charge >= 0.3 is 0 Å². The van der Waals surface area contributed by atoms with Gasteiger partial charge in [-0.2, -0.15) is 9.97 Å². The number of ether oxygens (including phenoxy) is 4. The summed E-state index contributed by atoms with van der Waals surface area (Å²) < 4.78 is 107. The summed E-state index contributed by atoms with van der Waals surface area (Å²) in [5.41, 5.74) is 0.427. The summed E-state index contributed by atoms with van der Waals surface area (Å²) >= 11 is 12.9. The van der Waals surface area contributed by atoms with Crippen LogP contribution in [0.5, 0.6) is 23.0 Å². The normalized spacial score (nSPS) is 11.3. The number of hydrogen-bond donors (Lipinski definition) is 5. The van der Waals surface area contributed by atoms with Gasteiger partial charge in [-0.05, 0) is 48.5 Å². The highest BCUT2D eigenvalue weighted by atomic mass is 35.5. The Hall–Kier alpha value is -6.62. The third-order valence-electron chi connectivity index (χ3n) is 8.47. The van der Waals surface area contributed by atoms with Crippen LogP contribution in [0.2, 0.25) is 10.0 Å². The number of sulfonamides is 2. The van der Waals surface area contributed by atoms with Crippen molar-refractivity contribution >= 4 is 101 Å². The van der Waals surface area contributed by atoms with Crippen LogP contribution in [-0.4, -0.2) is 77.3 Å². The molecule has 2 aromatic heterocycles. The van der Waals surface area contributed by atoms with E-state index in [1.807, 2.05) is 0 Å². The molecule has 0 aliphatic heterocycles. The van der Waals surface area contributed by atoms with Gasteiger partial charge < -0.3 is 40.2 Å². The molecule has 0 radical (unpaired) electrons. The van der Waals surface area contributed by atoms with Gasteiger partial charge in [0, 0.05) is 24.3 Å². The summed E-state index contributed by atoms with van der Waals surface area (Å²) in [6.07, 6.45) is 3.34. The van der Waals surface area contributed by atoms with Crippen molar-refractivity contribution in [3.63, 3.8) is 0 Å². The summed E-state index contributed by atoms with van der Waals surface area (Å²) in [6, 6.07) is 16.2. The first kappa shape index (κ1) is 44.9. The highest BCUT2D eigenvalue weighted by Gasteiger charge is 2.29. The fourth-order valence-electron chi connectivity index (χ4n) is 5.56. The summed E-state index contributed by atoms with van der Waals surface area (Å²) in [5, 5.41) is 11.7. The Balaban J connectivity index is 1.31. The number of benzene rings is 4. The van der Waals surface area contributed by atoms with Gasteiger partial charge in [0.2, 0.25) is 21.9 Å². The number of nitrogens with zero attached hydrogens (tertiary/aromatic N) is 5. The second-order valence-corrected chi connectivity index (χ2v) is 17.1. The molecule has 0 atom stereocenters. The summed E-state index contributed by atoms with van der Waals surface area (Å²) in [6.45, 7) is 0. The van der Waals surface area contributed by atoms with Crippen molar-refractivity contribution in [2.75, 3.05) is 70.9 Å². The molecule has 0 aliphatic rings. The Bertz CT molecular complexity index is 2850. The Morgan fingerprint density at radius 3 is 1.73 bits per heavy atom. The quantitative estimate of drug-likeness (QED) is 0.0551. The lowest BCUT2D eigenvalue weighted by atomic mass is 10.2. The SMILES string of the molecule is COc1ccc(Nc2nc(Nc3ccc(F)cc3OC)ncc2Cl)c(NS(=O)(=O)CN(c2cc(OC)ccc2Nc2nc(Nc3cc(F)ccc3OC)ncc2Cl)S(C)(=O)=O)c1. The molecule has 5 N–H and O–H groups in total. The van der Waals surface area contributed by atoms with E-state index in [0.29, 0.717) is 9.99 Å².